The number of rotatable bonds is 4. The Bertz CT molecular complexity index is 597. The van der Waals surface area contributed by atoms with Crippen LogP contribution in [-0.2, 0) is 6.42 Å². The number of thioether (sulfide) groups is 1. The van der Waals surface area contributed by atoms with E-state index >= 15 is 0 Å². The van der Waals surface area contributed by atoms with Gasteiger partial charge in [0.05, 0.1) is 5.01 Å². The van der Waals surface area contributed by atoms with Crippen molar-refractivity contribution in [3.63, 3.8) is 0 Å². The van der Waals surface area contributed by atoms with E-state index in [1.165, 1.54) is 5.01 Å². The first kappa shape index (κ1) is 14.0. The summed E-state index contributed by atoms with van der Waals surface area (Å²) in [5.41, 5.74) is 2.20. The van der Waals surface area contributed by atoms with Crippen molar-refractivity contribution in [2.45, 2.75) is 30.7 Å². The Labute approximate surface area is 126 Å². The zero-order valence-corrected chi connectivity index (χ0v) is 13.0. The lowest BCUT2D eigenvalue weighted by Crippen LogP contribution is -2.26. The molecule has 0 aliphatic carbocycles. The van der Waals surface area contributed by atoms with Crippen LogP contribution in [0, 0.1) is 12.7 Å². The van der Waals surface area contributed by atoms with Gasteiger partial charge in [0.2, 0.25) is 0 Å². The fourth-order valence-corrected chi connectivity index (χ4v) is 4.39. The van der Waals surface area contributed by atoms with Crippen LogP contribution < -0.4 is 5.32 Å². The van der Waals surface area contributed by atoms with Crippen LogP contribution in [0.15, 0.2) is 28.5 Å². The van der Waals surface area contributed by atoms with Crippen LogP contribution in [0.2, 0.25) is 0 Å². The van der Waals surface area contributed by atoms with Crippen LogP contribution in [0.4, 0.5) is 4.39 Å². The molecule has 1 aliphatic rings. The summed E-state index contributed by atoms with van der Waals surface area (Å²) in [6.45, 7) is 2.91. The van der Waals surface area contributed by atoms with Crippen LogP contribution in [0.3, 0.4) is 0 Å². The van der Waals surface area contributed by atoms with Gasteiger partial charge in [-0.3, -0.25) is 0 Å². The van der Waals surface area contributed by atoms with Crippen LogP contribution in [-0.4, -0.2) is 17.3 Å². The Morgan fingerprint density at radius 1 is 1.45 bits per heavy atom. The highest BCUT2D eigenvalue weighted by Crippen LogP contribution is 2.37. The average Bonchev–Trinajstić information content (AvgIpc) is 2.86. The van der Waals surface area contributed by atoms with Crippen LogP contribution >= 0.6 is 23.1 Å². The molecule has 2 heterocycles. The molecule has 1 unspecified atom stereocenters. The van der Waals surface area contributed by atoms with Gasteiger partial charge in [-0.15, -0.1) is 23.1 Å². The number of benzene rings is 1. The molecular formula is C15H17FN2S2. The molecule has 0 bridgehead atoms. The van der Waals surface area contributed by atoms with E-state index in [2.05, 4.69) is 15.7 Å². The highest BCUT2D eigenvalue weighted by Gasteiger charge is 2.22. The van der Waals surface area contributed by atoms with Crippen LogP contribution in [0.5, 0.6) is 0 Å². The lowest BCUT2D eigenvalue weighted by atomic mass is 10.0. The SMILES string of the molecule is Cc1csc(CCNC2CCSc3c(F)cccc32)n1. The molecule has 2 aromatic rings. The van der Waals surface area contributed by atoms with Crippen LogP contribution in [0.25, 0.3) is 0 Å². The van der Waals surface area contributed by atoms with Crippen molar-refractivity contribution in [2.75, 3.05) is 12.3 Å². The minimum atomic E-state index is -0.0884. The minimum Gasteiger partial charge on any atom is -0.309 e. The molecule has 20 heavy (non-hydrogen) atoms. The summed E-state index contributed by atoms with van der Waals surface area (Å²) in [6, 6.07) is 5.66. The Morgan fingerprint density at radius 3 is 3.15 bits per heavy atom. The van der Waals surface area contributed by atoms with Gasteiger partial charge in [-0.05, 0) is 30.7 Å². The van der Waals surface area contributed by atoms with Crippen molar-refractivity contribution >= 4 is 23.1 Å². The molecule has 1 aliphatic heterocycles. The van der Waals surface area contributed by atoms with Gasteiger partial charge < -0.3 is 5.32 Å². The third kappa shape index (κ3) is 3.05. The molecule has 1 aromatic heterocycles. The summed E-state index contributed by atoms with van der Waals surface area (Å²) in [7, 11) is 0. The van der Waals surface area contributed by atoms with Crippen molar-refractivity contribution < 1.29 is 4.39 Å². The predicted octanol–water partition coefficient (Wildman–Crippen LogP) is 3.96. The third-order valence-electron chi connectivity index (χ3n) is 3.42. The number of nitrogens with one attached hydrogen (secondary N) is 1. The first-order chi connectivity index (χ1) is 9.74. The summed E-state index contributed by atoms with van der Waals surface area (Å²) in [5, 5.41) is 6.80. The molecule has 2 nitrogen and oxygen atoms in total. The number of fused-ring (bicyclic) bond motifs is 1. The van der Waals surface area contributed by atoms with Crippen molar-refractivity contribution in [2.24, 2.45) is 0 Å². The van der Waals surface area contributed by atoms with Gasteiger partial charge in [-0.25, -0.2) is 9.37 Å². The van der Waals surface area contributed by atoms with Gasteiger partial charge in [-0.1, -0.05) is 12.1 Å². The molecule has 0 spiro atoms. The zero-order chi connectivity index (χ0) is 13.9. The Morgan fingerprint density at radius 2 is 2.35 bits per heavy atom. The smallest absolute Gasteiger partial charge is 0.137 e. The normalized spacial score (nSPS) is 18.0. The standard InChI is InChI=1S/C15H17FN2S2/c1-10-9-20-14(18-10)5-7-17-13-6-8-19-15-11(13)3-2-4-12(15)16/h2-4,9,13,17H,5-8H2,1H3. The number of hydrogen-bond acceptors (Lipinski definition) is 4. The summed E-state index contributed by atoms with van der Waals surface area (Å²) < 4.78 is 13.8. The number of aryl methyl sites for hydroxylation is 1. The number of thiazole rings is 1. The zero-order valence-electron chi connectivity index (χ0n) is 11.4. The van der Waals surface area contributed by atoms with Gasteiger partial charge in [-0.2, -0.15) is 0 Å². The number of halogens is 1. The summed E-state index contributed by atoms with van der Waals surface area (Å²) in [4.78, 5) is 5.29. The molecular weight excluding hydrogens is 291 g/mol. The average molecular weight is 308 g/mol. The highest BCUT2D eigenvalue weighted by molar-refractivity contribution is 7.99. The molecule has 0 radical (unpaired) electrons. The van der Waals surface area contributed by atoms with E-state index in [4.69, 9.17) is 0 Å². The van der Waals surface area contributed by atoms with Crippen molar-refractivity contribution in [1.82, 2.24) is 10.3 Å². The second-order valence-corrected chi connectivity index (χ2v) is 6.98. The van der Waals surface area contributed by atoms with Crippen molar-refractivity contribution in [1.29, 1.82) is 0 Å². The van der Waals surface area contributed by atoms with E-state index in [1.807, 2.05) is 13.0 Å². The van der Waals surface area contributed by atoms with Gasteiger partial charge in [0.15, 0.2) is 0 Å². The lowest BCUT2D eigenvalue weighted by molar-refractivity contribution is 0.499. The Kier molecular flexibility index (Phi) is 4.38. The maximum Gasteiger partial charge on any atom is 0.137 e. The van der Waals surface area contributed by atoms with Gasteiger partial charge in [0.25, 0.3) is 0 Å². The van der Waals surface area contributed by atoms with Gasteiger partial charge in [0, 0.05) is 35.0 Å². The van der Waals surface area contributed by atoms with E-state index in [-0.39, 0.29) is 11.9 Å². The fraction of sp³-hybridized carbons (Fsp3) is 0.400. The lowest BCUT2D eigenvalue weighted by Gasteiger charge is -2.26. The summed E-state index contributed by atoms with van der Waals surface area (Å²) in [6.07, 6.45) is 1.99. The second kappa shape index (κ2) is 6.24. The number of aromatic nitrogens is 1. The number of nitrogens with zero attached hydrogens (tertiary/aromatic N) is 1. The monoisotopic (exact) mass is 308 g/mol. The molecule has 1 atom stereocenters. The van der Waals surface area contributed by atoms with E-state index in [9.17, 15) is 4.39 Å². The quantitative estimate of drug-likeness (QED) is 0.925. The number of hydrogen-bond donors (Lipinski definition) is 1. The molecule has 3 rings (SSSR count). The molecule has 106 valence electrons. The first-order valence-electron chi connectivity index (χ1n) is 6.79. The predicted molar refractivity (Wildman–Crippen MR) is 83.0 cm³/mol. The van der Waals surface area contributed by atoms with E-state index in [0.29, 0.717) is 0 Å². The Balaban J connectivity index is 1.63. The molecule has 0 fully saturated rings. The van der Waals surface area contributed by atoms with E-state index in [0.717, 1.165) is 41.3 Å². The van der Waals surface area contributed by atoms with Crippen molar-refractivity contribution in [3.05, 3.63) is 45.7 Å². The second-order valence-electron chi connectivity index (χ2n) is 4.93. The first-order valence-corrected chi connectivity index (χ1v) is 8.66. The topological polar surface area (TPSA) is 24.9 Å². The van der Waals surface area contributed by atoms with E-state index in [1.54, 1.807) is 35.2 Å². The highest BCUT2D eigenvalue weighted by atomic mass is 32.2. The van der Waals surface area contributed by atoms with Crippen molar-refractivity contribution in [3.8, 4) is 0 Å². The molecule has 0 amide bonds. The van der Waals surface area contributed by atoms with Crippen LogP contribution in [0.1, 0.15) is 28.7 Å². The maximum absolute atomic E-state index is 13.8. The largest absolute Gasteiger partial charge is 0.309 e. The summed E-state index contributed by atoms with van der Waals surface area (Å²) in [5.74, 6) is 0.886. The minimum absolute atomic E-state index is 0.0884. The Hall–Kier alpha value is -0.910. The van der Waals surface area contributed by atoms with Gasteiger partial charge in [0.1, 0.15) is 5.82 Å². The van der Waals surface area contributed by atoms with E-state index < -0.39 is 0 Å². The summed E-state index contributed by atoms with van der Waals surface area (Å²) >= 11 is 3.34. The molecule has 1 aromatic carbocycles. The molecule has 0 saturated carbocycles. The molecule has 5 heteroatoms. The van der Waals surface area contributed by atoms with Gasteiger partial charge >= 0.3 is 0 Å². The molecule has 1 N–H and O–H groups in total. The maximum atomic E-state index is 13.8. The molecule has 0 saturated heterocycles. The fourth-order valence-electron chi connectivity index (χ4n) is 2.47. The third-order valence-corrected chi connectivity index (χ3v) is 5.61.